The highest BCUT2D eigenvalue weighted by molar-refractivity contribution is 9.10. The van der Waals surface area contributed by atoms with Gasteiger partial charge in [-0.05, 0) is 42.8 Å². The molecule has 0 aliphatic carbocycles. The van der Waals surface area contributed by atoms with Gasteiger partial charge in [-0.25, -0.2) is 8.42 Å². The van der Waals surface area contributed by atoms with Crippen molar-refractivity contribution in [2.45, 2.75) is 11.8 Å². The van der Waals surface area contributed by atoms with Crippen LogP contribution in [0.4, 0.5) is 0 Å². The number of sulfonamides is 1. The third-order valence-electron chi connectivity index (χ3n) is 2.87. The second-order valence-corrected chi connectivity index (χ2v) is 7.26. The van der Waals surface area contributed by atoms with Crippen LogP contribution in [0, 0.1) is 6.92 Å². The van der Waals surface area contributed by atoms with E-state index in [1.54, 1.807) is 30.3 Å². The molecule has 0 aliphatic heterocycles. The number of rotatable bonds is 6. The number of benzene rings is 2. The second kappa shape index (κ2) is 7.58. The molecule has 0 fully saturated rings. The quantitative estimate of drug-likeness (QED) is 0.730. The normalized spacial score (nSPS) is 11.0. The maximum atomic E-state index is 11.9. The first-order valence-electron chi connectivity index (χ1n) is 6.63. The fourth-order valence-electron chi connectivity index (χ4n) is 1.74. The summed E-state index contributed by atoms with van der Waals surface area (Å²) >= 11 is 3.33. The summed E-state index contributed by atoms with van der Waals surface area (Å²) in [5, 5.41) is 0. The molecule has 0 aromatic heterocycles. The first-order valence-corrected chi connectivity index (χ1v) is 8.91. The average molecular weight is 399 g/mol. The van der Waals surface area contributed by atoms with E-state index in [-0.39, 0.29) is 11.5 Å². The molecule has 0 radical (unpaired) electrons. The maximum Gasteiger partial charge on any atom is 0.272 e. The molecule has 0 aliphatic rings. The van der Waals surface area contributed by atoms with Crippen LogP contribution < -0.4 is 15.0 Å². The number of hydrogen-bond acceptors (Lipinski definition) is 4. The predicted octanol–water partition coefficient (Wildman–Crippen LogP) is 2.15. The molecule has 8 heteroatoms. The molecule has 122 valence electrons. The van der Waals surface area contributed by atoms with Crippen molar-refractivity contribution in [2.24, 2.45) is 0 Å². The first-order chi connectivity index (χ1) is 10.9. The zero-order valence-corrected chi connectivity index (χ0v) is 14.6. The lowest BCUT2D eigenvalue weighted by molar-refractivity contribution is -0.123. The van der Waals surface area contributed by atoms with Gasteiger partial charge in [0.15, 0.2) is 6.61 Å². The van der Waals surface area contributed by atoms with Crippen LogP contribution in [0.5, 0.6) is 5.75 Å². The largest absolute Gasteiger partial charge is 0.483 e. The number of carbonyl (C=O) groups is 1. The van der Waals surface area contributed by atoms with Gasteiger partial charge in [-0.2, -0.15) is 0 Å². The van der Waals surface area contributed by atoms with E-state index in [1.165, 1.54) is 12.1 Å². The Balaban J connectivity index is 1.88. The van der Waals surface area contributed by atoms with Crippen LogP contribution in [0.1, 0.15) is 5.56 Å². The molecule has 1 amide bonds. The van der Waals surface area contributed by atoms with Gasteiger partial charge < -0.3 is 4.74 Å². The Kier molecular flexibility index (Phi) is 5.75. The Morgan fingerprint density at radius 2 is 1.87 bits per heavy atom. The number of hydrogen-bond donors (Lipinski definition) is 2. The Labute approximate surface area is 143 Å². The molecule has 6 nitrogen and oxygen atoms in total. The van der Waals surface area contributed by atoms with E-state index < -0.39 is 15.9 Å². The Morgan fingerprint density at radius 1 is 1.17 bits per heavy atom. The smallest absolute Gasteiger partial charge is 0.272 e. The van der Waals surface area contributed by atoms with Gasteiger partial charge in [-0.3, -0.25) is 10.2 Å². The zero-order chi connectivity index (χ0) is 16.9. The minimum atomic E-state index is -3.80. The van der Waals surface area contributed by atoms with E-state index in [2.05, 4.69) is 21.4 Å². The predicted molar refractivity (Wildman–Crippen MR) is 89.3 cm³/mol. The average Bonchev–Trinajstić information content (AvgIpc) is 2.53. The molecule has 0 saturated carbocycles. The van der Waals surface area contributed by atoms with Crippen LogP contribution in [0.15, 0.2) is 57.9 Å². The van der Waals surface area contributed by atoms with Gasteiger partial charge in [0, 0.05) is 4.47 Å². The molecule has 0 heterocycles. The van der Waals surface area contributed by atoms with Gasteiger partial charge in [0.1, 0.15) is 5.75 Å². The van der Waals surface area contributed by atoms with Gasteiger partial charge in [0.05, 0.1) is 4.90 Å². The molecule has 2 N–H and O–H groups in total. The van der Waals surface area contributed by atoms with Crippen molar-refractivity contribution in [1.29, 1.82) is 0 Å². The molecule has 2 rings (SSSR count). The van der Waals surface area contributed by atoms with E-state index >= 15 is 0 Å². The fourth-order valence-corrected chi connectivity index (χ4v) is 3.09. The van der Waals surface area contributed by atoms with Crippen LogP contribution in [0.3, 0.4) is 0 Å². The van der Waals surface area contributed by atoms with Gasteiger partial charge in [0.2, 0.25) is 0 Å². The highest BCUT2D eigenvalue weighted by atomic mass is 79.9. The summed E-state index contributed by atoms with van der Waals surface area (Å²) in [6.45, 7) is 1.54. The highest BCUT2D eigenvalue weighted by Gasteiger charge is 2.14. The van der Waals surface area contributed by atoms with E-state index in [1.807, 2.05) is 17.8 Å². The lowest BCUT2D eigenvalue weighted by atomic mass is 10.2. The number of aryl methyl sites for hydroxylation is 1. The fraction of sp³-hybridized carbons (Fsp3) is 0.133. The minimum Gasteiger partial charge on any atom is -0.483 e. The van der Waals surface area contributed by atoms with Crippen molar-refractivity contribution in [1.82, 2.24) is 10.3 Å². The molecule has 2 aromatic rings. The molecule has 0 spiro atoms. The van der Waals surface area contributed by atoms with Crippen LogP contribution in [-0.2, 0) is 14.8 Å². The zero-order valence-electron chi connectivity index (χ0n) is 12.2. The van der Waals surface area contributed by atoms with E-state index in [0.717, 1.165) is 10.0 Å². The number of hydrazine groups is 1. The molecule has 23 heavy (non-hydrogen) atoms. The number of halogens is 1. The lowest BCUT2D eigenvalue weighted by Gasteiger charge is -2.11. The van der Waals surface area contributed by atoms with E-state index in [4.69, 9.17) is 4.74 Å². The van der Waals surface area contributed by atoms with Gasteiger partial charge in [0.25, 0.3) is 15.9 Å². The summed E-state index contributed by atoms with van der Waals surface area (Å²) in [6.07, 6.45) is 0. The summed E-state index contributed by atoms with van der Waals surface area (Å²) in [4.78, 5) is 13.8. The second-order valence-electron chi connectivity index (χ2n) is 4.67. The Hall–Kier alpha value is -1.90. The summed E-state index contributed by atoms with van der Waals surface area (Å²) in [7, 11) is -3.80. The van der Waals surface area contributed by atoms with Crippen LogP contribution in [-0.4, -0.2) is 20.9 Å². The Morgan fingerprint density at radius 3 is 2.52 bits per heavy atom. The van der Waals surface area contributed by atoms with Crippen LogP contribution in [0.25, 0.3) is 0 Å². The van der Waals surface area contributed by atoms with Gasteiger partial charge in [-0.15, -0.1) is 4.83 Å². The van der Waals surface area contributed by atoms with E-state index in [0.29, 0.717) is 5.75 Å². The first kappa shape index (κ1) is 17.5. The monoisotopic (exact) mass is 398 g/mol. The minimum absolute atomic E-state index is 0.0602. The summed E-state index contributed by atoms with van der Waals surface area (Å²) in [5.41, 5.74) is 2.97. The summed E-state index contributed by atoms with van der Waals surface area (Å²) in [6, 6.07) is 13.1. The summed E-state index contributed by atoms with van der Waals surface area (Å²) in [5.74, 6) is -0.0545. The molecular formula is C15H15BrN2O4S. The van der Waals surface area contributed by atoms with Crippen LogP contribution >= 0.6 is 15.9 Å². The number of nitrogens with one attached hydrogen (secondary N) is 2. The number of ether oxygens (including phenoxy) is 1. The highest BCUT2D eigenvalue weighted by Crippen LogP contribution is 2.21. The molecule has 2 aromatic carbocycles. The van der Waals surface area contributed by atoms with Crippen molar-refractivity contribution in [3.8, 4) is 5.75 Å². The van der Waals surface area contributed by atoms with Gasteiger partial charge >= 0.3 is 0 Å². The molecular weight excluding hydrogens is 384 g/mol. The molecule has 0 atom stereocenters. The van der Waals surface area contributed by atoms with Crippen molar-refractivity contribution in [3.63, 3.8) is 0 Å². The third-order valence-corrected chi connectivity index (χ3v) is 4.63. The van der Waals surface area contributed by atoms with Crippen molar-refractivity contribution >= 4 is 31.9 Å². The molecule has 0 saturated heterocycles. The number of amides is 1. The van der Waals surface area contributed by atoms with E-state index in [9.17, 15) is 13.2 Å². The Bertz CT molecular complexity index is 794. The number of carbonyl (C=O) groups excluding carboxylic acids is 1. The van der Waals surface area contributed by atoms with Crippen molar-refractivity contribution in [2.75, 3.05) is 6.61 Å². The van der Waals surface area contributed by atoms with Crippen LogP contribution in [0.2, 0.25) is 0 Å². The topological polar surface area (TPSA) is 84.5 Å². The van der Waals surface area contributed by atoms with Crippen molar-refractivity contribution < 1.29 is 17.9 Å². The summed E-state index contributed by atoms with van der Waals surface area (Å²) < 4.78 is 30.1. The SMILES string of the molecule is Cc1cc(Br)ccc1OCC(=O)NNS(=O)(=O)c1ccccc1. The third kappa shape index (κ3) is 5.05. The standard InChI is InChI=1S/C15H15BrN2O4S/c1-11-9-12(16)7-8-14(11)22-10-15(19)17-18-23(20,21)13-5-3-2-4-6-13/h2-9,18H,10H2,1H3,(H,17,19). The molecule has 0 bridgehead atoms. The molecule has 0 unspecified atom stereocenters. The lowest BCUT2D eigenvalue weighted by Crippen LogP contribution is -2.43. The maximum absolute atomic E-state index is 11.9. The van der Waals surface area contributed by atoms with Gasteiger partial charge in [-0.1, -0.05) is 34.1 Å². The van der Waals surface area contributed by atoms with Crippen molar-refractivity contribution in [3.05, 3.63) is 58.6 Å².